The molecule has 0 saturated heterocycles. The van der Waals surface area contributed by atoms with Crippen LogP contribution in [0.2, 0.25) is 5.02 Å². The van der Waals surface area contributed by atoms with Crippen molar-refractivity contribution in [1.29, 1.82) is 0 Å². The minimum absolute atomic E-state index is 0. The average Bonchev–Trinajstić information content (AvgIpc) is 2.76. The third-order valence-electron chi connectivity index (χ3n) is 1.57. The minimum Gasteiger partial charge on any atom is -0.214 e. The summed E-state index contributed by atoms with van der Waals surface area (Å²) < 4.78 is 0. The Morgan fingerprint density at radius 2 is 1.93 bits per heavy atom. The van der Waals surface area contributed by atoms with Crippen LogP contribution in [0.4, 0.5) is 0 Å². The van der Waals surface area contributed by atoms with Gasteiger partial charge in [-0.1, -0.05) is 5.56 Å². The first-order valence-corrected chi connectivity index (χ1v) is 4.42. The van der Waals surface area contributed by atoms with Gasteiger partial charge in [0.25, 0.3) is 0 Å². The van der Waals surface area contributed by atoms with E-state index in [1.54, 1.807) is 6.08 Å². The average molecular weight is 239 g/mol. The summed E-state index contributed by atoms with van der Waals surface area (Å²) in [5.74, 6) is 0. The normalized spacial score (nSPS) is 8.07. The Hall–Kier alpha value is -0.556. The number of rotatable bonds is 1. The molecule has 0 radical (unpaired) electrons. The van der Waals surface area contributed by atoms with E-state index in [1.807, 2.05) is 48.5 Å². The molecule has 0 fully saturated rings. The van der Waals surface area contributed by atoms with Crippen LogP contribution in [-0.2, 0) is 21.7 Å². The molecule has 0 amide bonds. The quantitative estimate of drug-likeness (QED) is 0.518. The standard InChI is InChI=1S/C7H6Cl.C5H5.Ti/c1-2-6-4-3-5-7(6)8;1-2-4-5-3-1;/h2-5H,1H2;1-5H;/q2*-1;+2. The third-order valence-corrected chi connectivity index (χ3v) is 1.91. The van der Waals surface area contributed by atoms with E-state index in [4.69, 9.17) is 11.6 Å². The van der Waals surface area contributed by atoms with E-state index in [1.165, 1.54) is 0 Å². The van der Waals surface area contributed by atoms with Crippen molar-refractivity contribution in [3.8, 4) is 0 Å². The van der Waals surface area contributed by atoms with Gasteiger partial charge in [0.15, 0.2) is 0 Å². The summed E-state index contributed by atoms with van der Waals surface area (Å²) >= 11 is 5.67. The van der Waals surface area contributed by atoms with E-state index >= 15 is 0 Å². The molecule has 0 aliphatic carbocycles. The van der Waals surface area contributed by atoms with Gasteiger partial charge < -0.3 is 0 Å². The molecule has 2 aromatic rings. The zero-order valence-corrected chi connectivity index (χ0v) is 10.1. The SMILES string of the molecule is C=C[c-]1cccc1Cl.[Ti+2].c1cc[cH-]c1. The minimum atomic E-state index is 0. The van der Waals surface area contributed by atoms with Gasteiger partial charge in [0.2, 0.25) is 0 Å². The Bertz CT molecular complexity index is 316. The number of hydrogen-bond donors (Lipinski definition) is 0. The van der Waals surface area contributed by atoms with Gasteiger partial charge in [-0.3, -0.25) is 0 Å². The zero-order valence-electron chi connectivity index (χ0n) is 7.78. The number of halogens is 1. The van der Waals surface area contributed by atoms with Crippen molar-refractivity contribution in [1.82, 2.24) is 0 Å². The first-order valence-electron chi connectivity index (χ1n) is 4.05. The van der Waals surface area contributed by atoms with Gasteiger partial charge in [-0.2, -0.15) is 36.9 Å². The molecule has 0 aliphatic rings. The molecule has 0 saturated carbocycles. The van der Waals surface area contributed by atoms with Crippen LogP contribution in [0.3, 0.4) is 0 Å². The predicted octanol–water partition coefficient (Wildman–Crippen LogP) is 4.10. The van der Waals surface area contributed by atoms with Crippen LogP contribution in [-0.4, -0.2) is 0 Å². The molecular formula is C12H11ClTi. The van der Waals surface area contributed by atoms with Crippen LogP contribution in [0.15, 0.2) is 55.1 Å². The molecule has 0 bridgehead atoms. The molecular weight excluding hydrogens is 227 g/mol. The second-order valence-corrected chi connectivity index (χ2v) is 2.90. The van der Waals surface area contributed by atoms with E-state index in [0.29, 0.717) is 0 Å². The van der Waals surface area contributed by atoms with Crippen molar-refractivity contribution < 1.29 is 21.7 Å². The van der Waals surface area contributed by atoms with Crippen LogP contribution >= 0.6 is 11.6 Å². The van der Waals surface area contributed by atoms with Crippen LogP contribution in [0.5, 0.6) is 0 Å². The van der Waals surface area contributed by atoms with Gasteiger partial charge in [-0.15, -0.1) is 23.7 Å². The predicted molar refractivity (Wildman–Crippen MR) is 59.2 cm³/mol. The number of hydrogen-bond acceptors (Lipinski definition) is 0. The first-order chi connectivity index (χ1) is 6.34. The zero-order chi connectivity index (χ0) is 9.52. The fraction of sp³-hybridized carbons (Fsp3) is 0. The van der Waals surface area contributed by atoms with Crippen molar-refractivity contribution >= 4 is 17.7 Å². The van der Waals surface area contributed by atoms with E-state index in [9.17, 15) is 0 Å². The van der Waals surface area contributed by atoms with Crippen molar-refractivity contribution in [3.63, 3.8) is 0 Å². The monoisotopic (exact) mass is 238 g/mol. The maximum absolute atomic E-state index is 5.67. The van der Waals surface area contributed by atoms with Gasteiger partial charge in [0.05, 0.1) is 0 Å². The molecule has 14 heavy (non-hydrogen) atoms. The van der Waals surface area contributed by atoms with E-state index < -0.39 is 0 Å². The van der Waals surface area contributed by atoms with Crippen molar-refractivity contribution in [2.45, 2.75) is 0 Å². The Morgan fingerprint density at radius 3 is 2.14 bits per heavy atom. The van der Waals surface area contributed by atoms with Gasteiger partial charge in [-0.25, -0.2) is 12.1 Å². The summed E-state index contributed by atoms with van der Waals surface area (Å²) in [5.41, 5.74) is 1.01. The Morgan fingerprint density at radius 1 is 1.29 bits per heavy atom. The van der Waals surface area contributed by atoms with Crippen LogP contribution in [0.1, 0.15) is 5.56 Å². The smallest absolute Gasteiger partial charge is 0.214 e. The first kappa shape index (κ1) is 13.4. The molecule has 2 rings (SSSR count). The van der Waals surface area contributed by atoms with E-state index in [2.05, 4.69) is 6.58 Å². The summed E-state index contributed by atoms with van der Waals surface area (Å²) in [6.07, 6.45) is 1.74. The summed E-state index contributed by atoms with van der Waals surface area (Å²) in [6, 6.07) is 15.7. The van der Waals surface area contributed by atoms with Gasteiger partial charge in [0.1, 0.15) is 0 Å². The van der Waals surface area contributed by atoms with E-state index in [0.717, 1.165) is 10.6 Å². The molecule has 0 unspecified atom stereocenters. The maximum Gasteiger partial charge on any atom is 2.00 e. The molecule has 0 spiro atoms. The molecule has 0 atom stereocenters. The molecule has 0 aliphatic heterocycles. The summed E-state index contributed by atoms with van der Waals surface area (Å²) in [6.45, 7) is 3.58. The summed E-state index contributed by atoms with van der Waals surface area (Å²) in [7, 11) is 0. The fourth-order valence-corrected chi connectivity index (χ4v) is 1.11. The molecule has 2 heteroatoms. The Labute approximate surface area is 105 Å². The van der Waals surface area contributed by atoms with Crippen LogP contribution < -0.4 is 0 Å². The molecule has 0 aromatic heterocycles. The second kappa shape index (κ2) is 7.81. The molecule has 0 N–H and O–H groups in total. The van der Waals surface area contributed by atoms with Gasteiger partial charge in [-0.05, 0) is 5.02 Å². The van der Waals surface area contributed by atoms with Crippen LogP contribution in [0, 0.1) is 0 Å². The van der Waals surface area contributed by atoms with Crippen molar-refractivity contribution in [2.75, 3.05) is 0 Å². The maximum atomic E-state index is 5.67. The van der Waals surface area contributed by atoms with Gasteiger partial charge in [0, 0.05) is 0 Å². The van der Waals surface area contributed by atoms with Crippen molar-refractivity contribution in [2.24, 2.45) is 0 Å². The van der Waals surface area contributed by atoms with Crippen LogP contribution in [0.25, 0.3) is 6.08 Å². The second-order valence-electron chi connectivity index (χ2n) is 2.50. The van der Waals surface area contributed by atoms with E-state index in [-0.39, 0.29) is 21.7 Å². The Kier molecular flexibility index (Phi) is 7.50. The molecule has 70 valence electrons. The largest absolute Gasteiger partial charge is 2.00 e. The molecule has 2 aromatic carbocycles. The summed E-state index contributed by atoms with van der Waals surface area (Å²) in [4.78, 5) is 0. The third kappa shape index (κ3) is 4.62. The Balaban J connectivity index is 0.000000246. The van der Waals surface area contributed by atoms with Gasteiger partial charge >= 0.3 is 21.7 Å². The van der Waals surface area contributed by atoms with Crippen molar-refractivity contribution in [3.05, 3.63) is 65.7 Å². The fourth-order valence-electron chi connectivity index (χ4n) is 0.898. The molecule has 0 nitrogen and oxygen atoms in total. The molecule has 0 heterocycles. The summed E-state index contributed by atoms with van der Waals surface area (Å²) in [5, 5.41) is 0.778. The topological polar surface area (TPSA) is 0 Å².